The van der Waals surface area contributed by atoms with Gasteiger partial charge < -0.3 is 9.84 Å². The van der Waals surface area contributed by atoms with Crippen molar-refractivity contribution in [1.29, 1.82) is 0 Å². The second-order valence-electron chi connectivity index (χ2n) is 5.77. The lowest BCUT2D eigenvalue weighted by molar-refractivity contribution is 0.103. The molecule has 2 heterocycles. The van der Waals surface area contributed by atoms with Crippen LogP contribution in [0.5, 0.6) is 11.5 Å². The van der Waals surface area contributed by atoms with E-state index in [1.165, 1.54) is 36.8 Å². The summed E-state index contributed by atoms with van der Waals surface area (Å²) in [4.78, 5) is 17.3. The number of phenols is 1. The lowest BCUT2D eigenvalue weighted by Gasteiger charge is -2.05. The summed E-state index contributed by atoms with van der Waals surface area (Å²) in [7, 11) is 1.51. The van der Waals surface area contributed by atoms with Gasteiger partial charge in [0.15, 0.2) is 5.78 Å². The average molecular weight is 377 g/mol. The Bertz CT molecular complexity index is 1100. The van der Waals surface area contributed by atoms with Crippen molar-refractivity contribution in [3.8, 4) is 27.9 Å². The number of thiazole rings is 1. The molecule has 134 valence electrons. The Morgan fingerprint density at radius 2 is 2.00 bits per heavy atom. The third-order valence-corrected chi connectivity index (χ3v) is 4.88. The van der Waals surface area contributed by atoms with Gasteiger partial charge in [-0.25, -0.2) is 9.67 Å². The third-order valence-electron chi connectivity index (χ3n) is 4.05. The molecule has 0 aliphatic carbocycles. The second-order valence-corrected chi connectivity index (χ2v) is 6.60. The van der Waals surface area contributed by atoms with Crippen LogP contribution in [0.15, 0.2) is 66.3 Å². The Hall–Kier alpha value is -3.45. The summed E-state index contributed by atoms with van der Waals surface area (Å²) in [6.07, 6.45) is 3.07. The summed E-state index contributed by atoms with van der Waals surface area (Å²) in [5, 5.41) is 16.8. The number of ether oxygens (including phenoxy) is 1. The molecule has 0 aliphatic rings. The first-order valence-corrected chi connectivity index (χ1v) is 9.01. The molecule has 1 N–H and O–H groups in total. The monoisotopic (exact) mass is 377 g/mol. The highest BCUT2D eigenvalue weighted by Crippen LogP contribution is 2.27. The molecule has 0 saturated heterocycles. The first kappa shape index (κ1) is 17.0. The van der Waals surface area contributed by atoms with Gasteiger partial charge in [0.25, 0.3) is 0 Å². The van der Waals surface area contributed by atoms with Crippen molar-refractivity contribution in [2.24, 2.45) is 0 Å². The van der Waals surface area contributed by atoms with Gasteiger partial charge in [0.1, 0.15) is 11.5 Å². The number of benzene rings is 2. The number of hydrogen-bond donors (Lipinski definition) is 1. The number of phenolic OH excluding ortho intramolecular Hbond substituents is 1. The molecule has 4 aromatic rings. The molecule has 0 spiro atoms. The molecule has 27 heavy (non-hydrogen) atoms. The molecule has 6 nitrogen and oxygen atoms in total. The number of ketones is 1. The van der Waals surface area contributed by atoms with Gasteiger partial charge in [-0.1, -0.05) is 30.3 Å². The van der Waals surface area contributed by atoms with E-state index in [4.69, 9.17) is 4.74 Å². The summed E-state index contributed by atoms with van der Waals surface area (Å²) in [5.41, 5.74) is 2.39. The van der Waals surface area contributed by atoms with Crippen LogP contribution in [0.2, 0.25) is 0 Å². The first-order valence-electron chi connectivity index (χ1n) is 8.13. The summed E-state index contributed by atoms with van der Waals surface area (Å²) in [5.74, 6) is 0.0580. The van der Waals surface area contributed by atoms with Crippen LogP contribution in [-0.2, 0) is 0 Å². The van der Waals surface area contributed by atoms with Gasteiger partial charge in [-0.15, -0.1) is 11.3 Å². The fraction of sp³-hybridized carbons (Fsp3) is 0.0500. The van der Waals surface area contributed by atoms with Crippen molar-refractivity contribution in [1.82, 2.24) is 14.8 Å². The minimum atomic E-state index is -0.336. The minimum Gasteiger partial charge on any atom is -0.507 e. The van der Waals surface area contributed by atoms with Crippen LogP contribution in [0.3, 0.4) is 0 Å². The number of carbonyl (C=O) groups excluding carboxylic acids is 1. The highest BCUT2D eigenvalue weighted by Gasteiger charge is 2.17. The largest absolute Gasteiger partial charge is 0.507 e. The summed E-state index contributed by atoms with van der Waals surface area (Å²) in [6, 6.07) is 14.4. The van der Waals surface area contributed by atoms with E-state index in [0.717, 1.165) is 11.3 Å². The van der Waals surface area contributed by atoms with E-state index in [2.05, 4.69) is 10.1 Å². The van der Waals surface area contributed by atoms with E-state index in [0.29, 0.717) is 16.4 Å². The van der Waals surface area contributed by atoms with Crippen molar-refractivity contribution in [3.63, 3.8) is 0 Å². The molecule has 0 bridgehead atoms. The predicted molar refractivity (Wildman–Crippen MR) is 103 cm³/mol. The van der Waals surface area contributed by atoms with Crippen molar-refractivity contribution >= 4 is 17.1 Å². The first-order chi connectivity index (χ1) is 13.2. The molecule has 0 fully saturated rings. The summed E-state index contributed by atoms with van der Waals surface area (Å²) < 4.78 is 6.68. The van der Waals surface area contributed by atoms with Gasteiger partial charge in [0.05, 0.1) is 30.1 Å². The van der Waals surface area contributed by atoms with Crippen molar-refractivity contribution < 1.29 is 14.6 Å². The zero-order valence-electron chi connectivity index (χ0n) is 14.4. The van der Waals surface area contributed by atoms with E-state index < -0.39 is 0 Å². The van der Waals surface area contributed by atoms with Crippen molar-refractivity contribution in [2.75, 3.05) is 7.11 Å². The molecule has 0 aliphatic heterocycles. The van der Waals surface area contributed by atoms with Gasteiger partial charge >= 0.3 is 0 Å². The van der Waals surface area contributed by atoms with Gasteiger partial charge in [-0.05, 0) is 18.2 Å². The molecule has 7 heteroatoms. The highest BCUT2D eigenvalue weighted by molar-refractivity contribution is 7.12. The van der Waals surface area contributed by atoms with Crippen LogP contribution in [0, 0.1) is 0 Å². The van der Waals surface area contributed by atoms with Crippen molar-refractivity contribution in [3.05, 3.63) is 77.4 Å². The highest BCUT2D eigenvalue weighted by atomic mass is 32.1. The maximum Gasteiger partial charge on any atom is 0.210 e. The molecular weight excluding hydrogens is 362 g/mol. The Balaban J connectivity index is 1.63. The summed E-state index contributed by atoms with van der Waals surface area (Å²) >= 11 is 1.44. The van der Waals surface area contributed by atoms with Gasteiger partial charge in [-0.2, -0.15) is 5.10 Å². The number of carbonyl (C=O) groups is 1. The Morgan fingerprint density at radius 1 is 1.19 bits per heavy atom. The molecule has 0 atom stereocenters. The average Bonchev–Trinajstić information content (AvgIpc) is 3.38. The van der Waals surface area contributed by atoms with Crippen LogP contribution in [0.4, 0.5) is 0 Å². The fourth-order valence-corrected chi connectivity index (χ4v) is 3.40. The fourth-order valence-electron chi connectivity index (χ4n) is 2.64. The summed E-state index contributed by atoms with van der Waals surface area (Å²) in [6.45, 7) is 0. The molecule has 2 aromatic carbocycles. The number of rotatable bonds is 5. The van der Waals surface area contributed by atoms with Crippen LogP contribution < -0.4 is 4.74 Å². The lowest BCUT2D eigenvalue weighted by Crippen LogP contribution is -2.01. The Kier molecular flexibility index (Phi) is 4.43. The molecule has 0 radical (unpaired) electrons. The minimum absolute atomic E-state index is 0.103. The van der Waals surface area contributed by atoms with Gasteiger partial charge in [-0.3, -0.25) is 4.79 Å². The van der Waals surface area contributed by atoms with Crippen LogP contribution in [0.1, 0.15) is 15.9 Å². The van der Waals surface area contributed by atoms with E-state index in [-0.39, 0.29) is 17.1 Å². The molecule has 0 saturated carbocycles. The number of aromatic nitrogens is 3. The lowest BCUT2D eigenvalue weighted by atomic mass is 10.1. The maximum atomic E-state index is 12.7. The topological polar surface area (TPSA) is 77.2 Å². The van der Waals surface area contributed by atoms with Crippen LogP contribution >= 0.6 is 11.3 Å². The zero-order chi connectivity index (χ0) is 18.8. The predicted octanol–water partition coefficient (Wildman–Crippen LogP) is 3.94. The SMILES string of the molecule is COc1ccc(O)c(C(=O)c2cnn(-c3nc(-c4ccccc4)cs3)c2)c1. The molecule has 0 unspecified atom stereocenters. The molecule has 0 amide bonds. The normalized spacial score (nSPS) is 10.7. The van der Waals surface area contributed by atoms with Crippen LogP contribution in [-0.4, -0.2) is 32.8 Å². The maximum absolute atomic E-state index is 12.7. The second kappa shape index (κ2) is 7.05. The Labute approximate surface area is 159 Å². The zero-order valence-corrected chi connectivity index (χ0v) is 15.2. The van der Waals surface area contributed by atoms with Crippen LogP contribution in [0.25, 0.3) is 16.4 Å². The van der Waals surface area contributed by atoms with E-state index >= 15 is 0 Å². The molecule has 2 aromatic heterocycles. The smallest absolute Gasteiger partial charge is 0.210 e. The van der Waals surface area contributed by atoms with E-state index in [1.54, 1.807) is 16.9 Å². The Morgan fingerprint density at radius 3 is 2.78 bits per heavy atom. The van der Waals surface area contributed by atoms with Gasteiger partial charge in [0.2, 0.25) is 5.13 Å². The number of aromatic hydroxyl groups is 1. The molecular formula is C20H15N3O3S. The quantitative estimate of drug-likeness (QED) is 0.533. The third kappa shape index (κ3) is 3.32. The van der Waals surface area contributed by atoms with Crippen molar-refractivity contribution in [2.45, 2.75) is 0 Å². The molecule has 4 rings (SSSR count). The number of hydrogen-bond acceptors (Lipinski definition) is 6. The van der Waals surface area contributed by atoms with Gasteiger partial charge in [0, 0.05) is 17.1 Å². The van der Waals surface area contributed by atoms with E-state index in [1.807, 2.05) is 35.7 Å². The number of nitrogens with zero attached hydrogens (tertiary/aromatic N) is 3. The van der Waals surface area contributed by atoms with E-state index in [9.17, 15) is 9.90 Å². The number of methoxy groups -OCH3 is 1. The standard InChI is InChI=1S/C20H15N3O3S/c1-26-15-7-8-18(24)16(9-15)19(25)14-10-21-23(11-14)20-22-17(12-27-20)13-5-3-2-4-6-13/h2-12,24H,1H3.